The van der Waals surface area contributed by atoms with Gasteiger partial charge in [-0.05, 0) is 24.3 Å². The van der Waals surface area contributed by atoms with Crippen LogP contribution >= 0.6 is 11.6 Å². The number of hydrogen-bond acceptors (Lipinski definition) is 7. The first-order valence-corrected chi connectivity index (χ1v) is 11.2. The number of carbonyl (C=O) groups is 4. The monoisotopic (exact) mass is 500 g/mol. The molecular formula is C25H27ClN3O6+. The molecule has 10 heteroatoms. The molecule has 2 rings (SSSR count). The van der Waals surface area contributed by atoms with E-state index in [2.05, 4.69) is 5.32 Å². The highest BCUT2D eigenvalue weighted by Gasteiger charge is 2.62. The van der Waals surface area contributed by atoms with Gasteiger partial charge in [0.2, 0.25) is 6.29 Å². The number of hydrogen-bond donors (Lipinski definition) is 1. The summed E-state index contributed by atoms with van der Waals surface area (Å²) in [5, 5.41) is 11.6. The molecule has 0 aliphatic carbocycles. The molecular weight excluding hydrogens is 474 g/mol. The Hall–Kier alpha value is -3.74. The van der Waals surface area contributed by atoms with Crippen LogP contribution in [0, 0.1) is 11.3 Å². The van der Waals surface area contributed by atoms with Crippen molar-refractivity contribution in [3.63, 3.8) is 0 Å². The molecule has 9 nitrogen and oxygen atoms in total. The Morgan fingerprint density at radius 1 is 1.11 bits per heavy atom. The quantitative estimate of drug-likeness (QED) is 0.165. The van der Waals surface area contributed by atoms with E-state index in [-0.39, 0.29) is 29.1 Å². The predicted octanol–water partition coefficient (Wildman–Crippen LogP) is 2.77. The number of amides is 1. The van der Waals surface area contributed by atoms with Gasteiger partial charge in [0.1, 0.15) is 6.54 Å². The van der Waals surface area contributed by atoms with Gasteiger partial charge in [0.05, 0.1) is 31.1 Å². The summed E-state index contributed by atoms with van der Waals surface area (Å²) >= 11 is 6.09. The van der Waals surface area contributed by atoms with Crippen LogP contribution in [0.2, 0.25) is 0 Å². The van der Waals surface area contributed by atoms with Crippen molar-refractivity contribution in [3.8, 4) is 6.07 Å². The van der Waals surface area contributed by atoms with E-state index in [1.54, 1.807) is 19.2 Å². The number of nitriles is 1. The summed E-state index contributed by atoms with van der Waals surface area (Å²) in [6.07, 6.45) is -1.54. The van der Waals surface area contributed by atoms with Gasteiger partial charge in [0, 0.05) is 25.1 Å². The highest BCUT2D eigenvalue weighted by Crippen LogP contribution is 2.33. The number of rotatable bonds is 11. The zero-order valence-corrected chi connectivity index (χ0v) is 20.4. The highest BCUT2D eigenvalue weighted by molar-refractivity contribution is 6.18. The lowest BCUT2D eigenvalue weighted by Crippen LogP contribution is -2.73. The number of esters is 2. The maximum absolute atomic E-state index is 13.4. The van der Waals surface area contributed by atoms with Gasteiger partial charge in [-0.3, -0.25) is 23.7 Å². The molecule has 2 aromatic rings. The van der Waals surface area contributed by atoms with Crippen LogP contribution in [0.4, 0.5) is 5.69 Å². The molecule has 0 saturated heterocycles. The molecule has 0 bridgehead atoms. The van der Waals surface area contributed by atoms with Gasteiger partial charge < -0.3 is 14.8 Å². The number of nitrogens with one attached hydrogen (secondary N) is 1. The number of carbonyl (C=O) groups excluding carboxylic acids is 4. The zero-order valence-electron chi connectivity index (χ0n) is 19.7. The molecule has 2 aromatic carbocycles. The van der Waals surface area contributed by atoms with Gasteiger partial charge in [-0.1, -0.05) is 30.3 Å². The fourth-order valence-electron chi connectivity index (χ4n) is 3.77. The van der Waals surface area contributed by atoms with Crippen LogP contribution in [0.25, 0.3) is 0 Å². The standard InChI is InChI=1S/C25H26ClN3O6/c1-18(31)34-23(24(33)28-22-11-9-20(15-27)10-12-22)25(17-30,35-19(2)32)29(3,14-13-26)16-21-7-5-4-6-8-21/h4-12,17,23H,13-14,16H2,1-3H3/p+1/t23-,25+,29?/m0/s1. The smallest absolute Gasteiger partial charge is 0.349 e. The number of anilines is 1. The van der Waals surface area contributed by atoms with Gasteiger partial charge in [-0.25, -0.2) is 0 Å². The van der Waals surface area contributed by atoms with Crippen molar-refractivity contribution in [1.82, 2.24) is 0 Å². The van der Waals surface area contributed by atoms with E-state index < -0.39 is 29.7 Å². The summed E-state index contributed by atoms with van der Waals surface area (Å²) in [6, 6.07) is 16.9. The van der Waals surface area contributed by atoms with Gasteiger partial charge in [-0.15, -0.1) is 11.6 Å². The van der Waals surface area contributed by atoms with Crippen molar-refractivity contribution in [2.24, 2.45) is 0 Å². The SMILES string of the molecule is CC(=O)O[C@@H](C(=O)Nc1ccc(C#N)cc1)[C@@](C=O)(OC(C)=O)[N+](C)(CCCl)Cc1ccccc1. The van der Waals surface area contributed by atoms with Crippen LogP contribution in [0.5, 0.6) is 0 Å². The largest absolute Gasteiger partial charge is 0.441 e. The van der Waals surface area contributed by atoms with Crippen molar-refractivity contribution >= 4 is 41.4 Å². The molecule has 0 aliphatic rings. The van der Waals surface area contributed by atoms with Crippen LogP contribution in [-0.2, 0) is 35.2 Å². The average Bonchev–Trinajstić information content (AvgIpc) is 2.82. The van der Waals surface area contributed by atoms with Gasteiger partial charge in [0.15, 0.2) is 0 Å². The lowest BCUT2D eigenvalue weighted by Gasteiger charge is -2.48. The van der Waals surface area contributed by atoms with Crippen molar-refractivity contribution in [2.75, 3.05) is 24.8 Å². The summed E-state index contributed by atoms with van der Waals surface area (Å²) in [5.74, 6) is -2.57. The molecule has 3 atom stereocenters. The van der Waals surface area contributed by atoms with Crippen molar-refractivity contribution in [3.05, 3.63) is 65.7 Å². The Morgan fingerprint density at radius 2 is 1.74 bits per heavy atom. The molecule has 0 heterocycles. The molecule has 1 amide bonds. The Kier molecular flexibility index (Phi) is 9.51. The lowest BCUT2D eigenvalue weighted by atomic mass is 9.99. The number of halogens is 1. The van der Waals surface area contributed by atoms with Crippen molar-refractivity contribution < 1.29 is 33.1 Å². The number of benzene rings is 2. The fraction of sp³-hybridized carbons (Fsp3) is 0.320. The summed E-state index contributed by atoms with van der Waals surface area (Å²) in [5.41, 5.74) is -0.842. The van der Waals surface area contributed by atoms with Crippen LogP contribution in [0.15, 0.2) is 54.6 Å². The second kappa shape index (κ2) is 12.1. The Balaban J connectivity index is 2.63. The molecule has 0 aliphatic heterocycles. The molecule has 0 fully saturated rings. The summed E-state index contributed by atoms with van der Waals surface area (Å²) in [7, 11) is 1.60. The van der Waals surface area contributed by atoms with Gasteiger partial charge in [-0.2, -0.15) is 5.26 Å². The number of nitrogens with zero attached hydrogens (tertiary/aromatic N) is 2. The van der Waals surface area contributed by atoms with Crippen molar-refractivity contribution in [2.45, 2.75) is 32.2 Å². The predicted molar refractivity (Wildman–Crippen MR) is 128 cm³/mol. The minimum atomic E-state index is -2.26. The first kappa shape index (κ1) is 27.5. The van der Waals surface area contributed by atoms with Crippen molar-refractivity contribution in [1.29, 1.82) is 5.26 Å². The summed E-state index contributed by atoms with van der Waals surface area (Å²) < 4.78 is 10.5. The molecule has 35 heavy (non-hydrogen) atoms. The first-order chi connectivity index (χ1) is 16.6. The normalized spacial score (nSPS) is 14.8. The average molecular weight is 501 g/mol. The summed E-state index contributed by atoms with van der Waals surface area (Å²) in [6.45, 7) is 2.38. The molecule has 1 unspecified atom stereocenters. The number of quaternary nitrogens is 1. The van der Waals surface area contributed by atoms with Crippen LogP contribution in [0.1, 0.15) is 25.0 Å². The molecule has 0 radical (unpaired) electrons. The minimum Gasteiger partial charge on any atom is -0.441 e. The fourth-order valence-corrected chi connectivity index (χ4v) is 4.14. The first-order valence-electron chi connectivity index (χ1n) is 10.7. The summed E-state index contributed by atoms with van der Waals surface area (Å²) in [4.78, 5) is 50.5. The maximum Gasteiger partial charge on any atom is 0.349 e. The second-order valence-electron chi connectivity index (χ2n) is 8.08. The van der Waals surface area contributed by atoms with E-state index in [0.717, 1.165) is 19.4 Å². The second-order valence-corrected chi connectivity index (χ2v) is 8.46. The van der Waals surface area contributed by atoms with Crippen LogP contribution in [0.3, 0.4) is 0 Å². The zero-order chi connectivity index (χ0) is 26.1. The molecule has 0 saturated carbocycles. The molecule has 0 spiro atoms. The van der Waals surface area contributed by atoms with E-state index >= 15 is 0 Å². The topological polar surface area (TPSA) is 123 Å². The molecule has 1 N–H and O–H groups in total. The van der Waals surface area contributed by atoms with Gasteiger partial charge >= 0.3 is 17.7 Å². The third kappa shape index (κ3) is 6.66. The van der Waals surface area contributed by atoms with Crippen LogP contribution in [-0.4, -0.2) is 59.9 Å². The lowest BCUT2D eigenvalue weighted by molar-refractivity contribution is -0.981. The number of likely N-dealkylation sites (N-methyl/N-ethyl adjacent to an activating group) is 1. The van der Waals surface area contributed by atoms with E-state index in [0.29, 0.717) is 11.8 Å². The van der Waals surface area contributed by atoms with E-state index in [4.69, 9.17) is 26.3 Å². The third-order valence-corrected chi connectivity index (χ3v) is 5.62. The number of ether oxygens (including phenoxy) is 2. The minimum absolute atomic E-state index is 0.0459. The van der Waals surface area contributed by atoms with E-state index in [1.807, 2.05) is 24.3 Å². The van der Waals surface area contributed by atoms with Gasteiger partial charge in [0.25, 0.3) is 12.0 Å². The van der Waals surface area contributed by atoms with E-state index in [1.165, 1.54) is 24.3 Å². The highest BCUT2D eigenvalue weighted by atomic mass is 35.5. The van der Waals surface area contributed by atoms with Crippen LogP contribution < -0.4 is 5.32 Å². The van der Waals surface area contributed by atoms with E-state index in [9.17, 15) is 19.2 Å². The third-order valence-electron chi connectivity index (χ3n) is 5.45. The number of alkyl halides is 1. The maximum atomic E-state index is 13.4. The number of aldehydes is 1. The Bertz CT molecular complexity index is 1100. The Morgan fingerprint density at radius 3 is 2.23 bits per heavy atom. The Labute approximate surface area is 208 Å². The molecule has 0 aromatic heterocycles. The molecule has 184 valence electrons.